The van der Waals surface area contributed by atoms with Crippen LogP contribution in [-0.4, -0.2) is 45.8 Å². The highest BCUT2D eigenvalue weighted by atomic mass is 16.4. The Morgan fingerprint density at radius 1 is 1.17 bits per heavy atom. The summed E-state index contributed by atoms with van der Waals surface area (Å²) in [5.74, 6) is -1.28. The topological polar surface area (TPSA) is 95.4 Å². The molecule has 0 aliphatic rings. The van der Waals surface area contributed by atoms with Crippen LogP contribution in [-0.2, 0) is 4.79 Å². The van der Waals surface area contributed by atoms with Crippen LogP contribution in [0.25, 0.3) is 11.3 Å². The molecule has 0 aliphatic heterocycles. The summed E-state index contributed by atoms with van der Waals surface area (Å²) in [6.07, 6.45) is 0. The van der Waals surface area contributed by atoms with E-state index in [-0.39, 0.29) is 6.54 Å². The van der Waals surface area contributed by atoms with Crippen molar-refractivity contribution in [3.05, 3.63) is 42.5 Å². The van der Waals surface area contributed by atoms with Crippen LogP contribution >= 0.6 is 0 Å². The van der Waals surface area contributed by atoms with E-state index in [1.165, 1.54) is 11.9 Å². The molecule has 2 amide bonds. The average Bonchev–Trinajstić information content (AvgIpc) is 2.56. The molecule has 0 saturated carbocycles. The Balaban J connectivity index is 1.98. The molecule has 2 aromatic rings. The van der Waals surface area contributed by atoms with Crippen molar-refractivity contribution >= 4 is 17.8 Å². The lowest BCUT2D eigenvalue weighted by Crippen LogP contribution is -2.36. The predicted octanol–water partition coefficient (Wildman–Crippen LogP) is 2.33. The minimum atomic E-state index is -0.948. The maximum Gasteiger partial charge on any atom is 0.322 e. The van der Waals surface area contributed by atoms with Crippen LogP contribution < -0.4 is 5.32 Å². The summed E-state index contributed by atoms with van der Waals surface area (Å²) < 4.78 is 0. The van der Waals surface area contributed by atoms with Crippen LogP contribution in [0.3, 0.4) is 0 Å². The zero-order valence-electron chi connectivity index (χ0n) is 12.9. The van der Waals surface area contributed by atoms with Gasteiger partial charge in [-0.1, -0.05) is 37.3 Å². The van der Waals surface area contributed by atoms with E-state index in [9.17, 15) is 9.59 Å². The quantitative estimate of drug-likeness (QED) is 0.883. The number of hydrogen-bond acceptors (Lipinski definition) is 4. The summed E-state index contributed by atoms with van der Waals surface area (Å²) in [6, 6.07) is 12.6. The van der Waals surface area contributed by atoms with Crippen molar-refractivity contribution < 1.29 is 14.7 Å². The zero-order chi connectivity index (χ0) is 16.8. The Hall–Kier alpha value is -2.96. The lowest BCUT2D eigenvalue weighted by molar-refractivity contribution is -0.141. The number of benzene rings is 1. The summed E-state index contributed by atoms with van der Waals surface area (Å²) in [6.45, 7) is 1.65. The molecule has 1 unspecified atom stereocenters. The Morgan fingerprint density at radius 2 is 1.87 bits per heavy atom. The lowest BCUT2D eigenvalue weighted by atomic mass is 10.1. The third-order valence-corrected chi connectivity index (χ3v) is 3.29. The number of nitrogens with zero attached hydrogens (tertiary/aromatic N) is 3. The van der Waals surface area contributed by atoms with Crippen LogP contribution in [0.4, 0.5) is 10.6 Å². The second-order valence-corrected chi connectivity index (χ2v) is 5.22. The van der Waals surface area contributed by atoms with Crippen LogP contribution in [0.1, 0.15) is 6.92 Å². The van der Waals surface area contributed by atoms with E-state index in [2.05, 4.69) is 15.5 Å². The molecule has 7 heteroatoms. The zero-order valence-corrected chi connectivity index (χ0v) is 12.9. The minimum absolute atomic E-state index is 0.108. The highest BCUT2D eigenvalue weighted by Crippen LogP contribution is 2.16. The van der Waals surface area contributed by atoms with Gasteiger partial charge in [0, 0.05) is 19.2 Å². The lowest BCUT2D eigenvalue weighted by Gasteiger charge is -2.19. The number of carboxylic acids is 1. The second kappa shape index (κ2) is 7.35. The predicted molar refractivity (Wildman–Crippen MR) is 85.9 cm³/mol. The van der Waals surface area contributed by atoms with Gasteiger partial charge in [-0.2, -0.15) is 0 Å². The van der Waals surface area contributed by atoms with E-state index in [0.29, 0.717) is 11.5 Å². The van der Waals surface area contributed by atoms with Crippen LogP contribution in [0.5, 0.6) is 0 Å². The molecular formula is C16H18N4O3. The van der Waals surface area contributed by atoms with Gasteiger partial charge >= 0.3 is 12.0 Å². The fraction of sp³-hybridized carbons (Fsp3) is 0.250. The number of aromatic nitrogens is 2. The Morgan fingerprint density at radius 3 is 2.43 bits per heavy atom. The van der Waals surface area contributed by atoms with Gasteiger partial charge in [-0.25, -0.2) is 4.79 Å². The molecule has 1 atom stereocenters. The second-order valence-electron chi connectivity index (χ2n) is 5.22. The van der Waals surface area contributed by atoms with Crippen molar-refractivity contribution in [2.75, 3.05) is 18.9 Å². The Kier molecular flexibility index (Phi) is 5.24. The fourth-order valence-corrected chi connectivity index (χ4v) is 1.94. The third-order valence-electron chi connectivity index (χ3n) is 3.29. The molecule has 0 bridgehead atoms. The van der Waals surface area contributed by atoms with Crippen molar-refractivity contribution in [3.8, 4) is 11.3 Å². The van der Waals surface area contributed by atoms with Gasteiger partial charge in [-0.3, -0.25) is 10.1 Å². The number of carboxylic acid groups (broad SMARTS) is 1. The number of anilines is 1. The van der Waals surface area contributed by atoms with E-state index in [4.69, 9.17) is 5.11 Å². The number of carbonyl (C=O) groups is 2. The minimum Gasteiger partial charge on any atom is -0.481 e. The van der Waals surface area contributed by atoms with Crippen LogP contribution in [0.15, 0.2) is 42.5 Å². The van der Waals surface area contributed by atoms with Crippen molar-refractivity contribution in [3.63, 3.8) is 0 Å². The standard InChI is InChI=1S/C16H18N4O3/c1-11(15(21)22)10-20(2)16(23)17-14-9-8-13(18-19-14)12-6-4-3-5-7-12/h3-9,11H,10H2,1-2H3,(H,21,22)(H,17,19,23). The van der Waals surface area contributed by atoms with Gasteiger partial charge in [0.2, 0.25) is 0 Å². The van der Waals surface area contributed by atoms with Gasteiger partial charge in [-0.05, 0) is 12.1 Å². The largest absolute Gasteiger partial charge is 0.481 e. The molecule has 0 radical (unpaired) electrons. The summed E-state index contributed by atoms with van der Waals surface area (Å²) in [7, 11) is 1.53. The van der Waals surface area contributed by atoms with Gasteiger partial charge in [-0.15, -0.1) is 10.2 Å². The number of rotatable bonds is 5. The number of amides is 2. The first kappa shape index (κ1) is 16.4. The summed E-state index contributed by atoms with van der Waals surface area (Å²) in [5, 5.41) is 19.5. The van der Waals surface area contributed by atoms with Crippen molar-refractivity contribution in [2.24, 2.45) is 5.92 Å². The average molecular weight is 314 g/mol. The molecule has 23 heavy (non-hydrogen) atoms. The van der Waals surface area contributed by atoms with E-state index in [1.54, 1.807) is 19.1 Å². The summed E-state index contributed by atoms with van der Waals surface area (Å²) in [5.41, 5.74) is 1.64. The maximum absolute atomic E-state index is 12.0. The Bertz CT molecular complexity index is 673. The summed E-state index contributed by atoms with van der Waals surface area (Å²) >= 11 is 0. The molecule has 0 saturated heterocycles. The highest BCUT2D eigenvalue weighted by molar-refractivity contribution is 5.88. The van der Waals surface area contributed by atoms with Crippen molar-refractivity contribution in [1.29, 1.82) is 0 Å². The highest BCUT2D eigenvalue weighted by Gasteiger charge is 2.17. The van der Waals surface area contributed by atoms with Gasteiger partial charge in [0.05, 0.1) is 11.6 Å². The van der Waals surface area contributed by atoms with E-state index >= 15 is 0 Å². The van der Waals surface area contributed by atoms with E-state index in [1.807, 2.05) is 30.3 Å². The first-order valence-corrected chi connectivity index (χ1v) is 7.11. The SMILES string of the molecule is CC(CN(C)C(=O)Nc1ccc(-c2ccccc2)nn1)C(=O)O. The van der Waals surface area contributed by atoms with E-state index < -0.39 is 17.9 Å². The first-order chi connectivity index (χ1) is 11.0. The molecule has 1 aromatic carbocycles. The van der Waals surface area contributed by atoms with Crippen LogP contribution in [0.2, 0.25) is 0 Å². The fourth-order valence-electron chi connectivity index (χ4n) is 1.94. The molecule has 120 valence electrons. The number of urea groups is 1. The Labute approximate surface area is 134 Å². The van der Waals surface area contributed by atoms with Gasteiger partial charge in [0.15, 0.2) is 5.82 Å². The van der Waals surface area contributed by atoms with Gasteiger partial charge in [0.25, 0.3) is 0 Å². The number of nitrogens with one attached hydrogen (secondary N) is 1. The smallest absolute Gasteiger partial charge is 0.322 e. The normalized spacial score (nSPS) is 11.6. The number of aliphatic carboxylic acids is 1. The molecule has 1 aromatic heterocycles. The number of carbonyl (C=O) groups excluding carboxylic acids is 1. The molecule has 2 rings (SSSR count). The summed E-state index contributed by atoms with van der Waals surface area (Å²) in [4.78, 5) is 24.1. The molecular weight excluding hydrogens is 296 g/mol. The van der Waals surface area contributed by atoms with Gasteiger partial charge < -0.3 is 10.0 Å². The molecule has 1 heterocycles. The van der Waals surface area contributed by atoms with Crippen molar-refractivity contribution in [2.45, 2.75) is 6.92 Å². The van der Waals surface area contributed by atoms with Crippen molar-refractivity contribution in [1.82, 2.24) is 15.1 Å². The first-order valence-electron chi connectivity index (χ1n) is 7.11. The third kappa shape index (κ3) is 4.50. The molecule has 0 aliphatic carbocycles. The number of hydrogen-bond donors (Lipinski definition) is 2. The monoisotopic (exact) mass is 314 g/mol. The molecule has 7 nitrogen and oxygen atoms in total. The molecule has 0 spiro atoms. The van der Waals surface area contributed by atoms with E-state index in [0.717, 1.165) is 5.56 Å². The molecule has 0 fully saturated rings. The van der Waals surface area contributed by atoms with Gasteiger partial charge in [0.1, 0.15) is 0 Å². The maximum atomic E-state index is 12.0. The molecule has 2 N–H and O–H groups in total. The van der Waals surface area contributed by atoms with Crippen LogP contribution in [0, 0.1) is 5.92 Å².